The highest BCUT2D eigenvalue weighted by Gasteiger charge is 2.38. The van der Waals surface area contributed by atoms with Gasteiger partial charge in [-0.05, 0) is 49.6 Å². The highest BCUT2D eigenvalue weighted by Crippen LogP contribution is 2.40. The Morgan fingerprint density at radius 1 is 1.19 bits per heavy atom. The summed E-state index contributed by atoms with van der Waals surface area (Å²) in [6.45, 7) is 0. The quantitative estimate of drug-likeness (QED) is 0.592. The fourth-order valence-electron chi connectivity index (χ4n) is 4.35. The number of alkyl halides is 3. The Hall–Kier alpha value is -2.65. The first-order valence-corrected chi connectivity index (χ1v) is 10.4. The summed E-state index contributed by atoms with van der Waals surface area (Å²) in [5.41, 5.74) is 1.37. The molecule has 0 spiro atoms. The molecule has 1 aliphatic carbocycles. The van der Waals surface area contributed by atoms with E-state index < -0.39 is 42.1 Å². The Balaban J connectivity index is 1.59. The summed E-state index contributed by atoms with van der Waals surface area (Å²) in [7, 11) is 0. The van der Waals surface area contributed by atoms with E-state index in [1.54, 1.807) is 18.2 Å². The molecule has 32 heavy (non-hydrogen) atoms. The van der Waals surface area contributed by atoms with E-state index in [0.29, 0.717) is 35.2 Å². The van der Waals surface area contributed by atoms with Gasteiger partial charge in [-0.25, -0.2) is 4.39 Å². The third-order valence-corrected chi connectivity index (χ3v) is 6.08. The van der Waals surface area contributed by atoms with Crippen molar-refractivity contribution in [1.29, 1.82) is 0 Å². The zero-order chi connectivity index (χ0) is 23.0. The van der Waals surface area contributed by atoms with E-state index in [4.69, 9.17) is 11.6 Å². The lowest BCUT2D eigenvalue weighted by molar-refractivity contribution is -0.346. The average molecular weight is 471 g/mol. The molecule has 1 heterocycles. The summed E-state index contributed by atoms with van der Waals surface area (Å²) in [6, 6.07) is 7.73. The normalized spacial score (nSPS) is 22.9. The van der Waals surface area contributed by atoms with E-state index in [-0.39, 0.29) is 17.9 Å². The molecule has 2 aromatic rings. The van der Waals surface area contributed by atoms with Crippen LogP contribution in [-0.2, 0) is 9.53 Å². The van der Waals surface area contributed by atoms with Crippen molar-refractivity contribution >= 4 is 29.1 Å². The van der Waals surface area contributed by atoms with E-state index in [9.17, 15) is 27.2 Å². The summed E-state index contributed by atoms with van der Waals surface area (Å²) >= 11 is 6.23. The number of fused-ring (bicyclic) bond motifs is 1. The molecule has 2 N–H and O–H groups in total. The predicted molar refractivity (Wildman–Crippen MR) is 109 cm³/mol. The minimum atomic E-state index is -4.76. The molecule has 0 radical (unpaired) electrons. The molecule has 2 aliphatic rings. The number of ether oxygens (including phenoxy) is 1. The summed E-state index contributed by atoms with van der Waals surface area (Å²) in [6.07, 6.45) is -4.82. The number of rotatable bonds is 4. The van der Waals surface area contributed by atoms with Crippen molar-refractivity contribution < 1.29 is 31.9 Å². The number of nitrogens with one attached hydrogen (secondary N) is 2. The van der Waals surface area contributed by atoms with E-state index in [1.165, 1.54) is 18.2 Å². The van der Waals surface area contributed by atoms with Crippen molar-refractivity contribution in [1.82, 2.24) is 5.32 Å². The predicted octanol–water partition coefficient (Wildman–Crippen LogP) is 5.35. The maximum atomic E-state index is 13.8. The second-order valence-electron chi connectivity index (χ2n) is 7.88. The number of amides is 2. The largest absolute Gasteiger partial charge is 0.522 e. The molecule has 3 atom stereocenters. The number of carbonyl (C=O) groups is 2. The Morgan fingerprint density at radius 2 is 1.97 bits per heavy atom. The first-order valence-electron chi connectivity index (χ1n) is 10.1. The van der Waals surface area contributed by atoms with Gasteiger partial charge in [-0.2, -0.15) is 0 Å². The van der Waals surface area contributed by atoms with E-state index in [1.807, 2.05) is 0 Å². The van der Waals surface area contributed by atoms with Gasteiger partial charge >= 0.3 is 6.36 Å². The molecule has 1 fully saturated rings. The summed E-state index contributed by atoms with van der Waals surface area (Å²) in [5, 5.41) is 5.73. The lowest BCUT2D eigenvalue weighted by Crippen LogP contribution is -2.34. The van der Waals surface area contributed by atoms with E-state index in [0.717, 1.165) is 0 Å². The number of halogens is 5. The van der Waals surface area contributed by atoms with Gasteiger partial charge in [0.2, 0.25) is 5.91 Å². The molecule has 10 heteroatoms. The number of hydrogen-bond acceptors (Lipinski definition) is 3. The van der Waals surface area contributed by atoms with Gasteiger partial charge in [-0.3, -0.25) is 14.3 Å². The number of hydrogen-bond donors (Lipinski definition) is 2. The molecular formula is C22H19ClF4N2O3. The van der Waals surface area contributed by atoms with Crippen LogP contribution in [0.15, 0.2) is 36.4 Å². The average Bonchev–Trinajstić information content (AvgIpc) is 3.06. The van der Waals surface area contributed by atoms with Crippen molar-refractivity contribution in [2.24, 2.45) is 5.92 Å². The molecule has 1 saturated carbocycles. The van der Waals surface area contributed by atoms with Gasteiger partial charge < -0.3 is 10.6 Å². The standard InChI is InChI=1S/C22H19ClF4N2O3/c23-16-8-7-12(24)10-15(16)19-18-14(21(31)29-19)5-2-6-17(18)28-20(30)11-3-1-4-13(9-11)32-22(25,26)27/h2,5-8,10-11,13,19H,1,3-4,9H2,(H,28,30)(H,29,31)/t11-,13-,19+/m1/s1. The van der Waals surface area contributed by atoms with Crippen molar-refractivity contribution in [3.8, 4) is 0 Å². The van der Waals surface area contributed by atoms with Gasteiger partial charge in [0.15, 0.2) is 0 Å². The van der Waals surface area contributed by atoms with Gasteiger partial charge in [0.1, 0.15) is 5.82 Å². The molecule has 4 rings (SSSR count). The van der Waals surface area contributed by atoms with Crippen LogP contribution < -0.4 is 10.6 Å². The maximum Gasteiger partial charge on any atom is 0.522 e. The van der Waals surface area contributed by atoms with Crippen LogP contribution in [0.25, 0.3) is 0 Å². The second-order valence-corrected chi connectivity index (χ2v) is 8.28. The fourth-order valence-corrected chi connectivity index (χ4v) is 4.57. The summed E-state index contributed by atoms with van der Waals surface area (Å²) in [4.78, 5) is 25.4. The molecule has 0 saturated heterocycles. The Bertz CT molecular complexity index is 1060. The Labute approximate surface area is 186 Å². The molecule has 0 aromatic heterocycles. The Kier molecular flexibility index (Phi) is 6.13. The van der Waals surface area contributed by atoms with Crippen molar-refractivity contribution in [3.05, 3.63) is 63.9 Å². The molecule has 5 nitrogen and oxygen atoms in total. The summed E-state index contributed by atoms with van der Waals surface area (Å²) in [5.74, 6) is -2.07. The van der Waals surface area contributed by atoms with Crippen molar-refractivity contribution in [2.75, 3.05) is 5.32 Å². The van der Waals surface area contributed by atoms with Crippen LogP contribution in [0, 0.1) is 11.7 Å². The van der Waals surface area contributed by atoms with Gasteiger partial charge in [0.25, 0.3) is 5.91 Å². The number of benzene rings is 2. The molecule has 2 amide bonds. The molecule has 170 valence electrons. The van der Waals surface area contributed by atoms with Crippen LogP contribution >= 0.6 is 11.6 Å². The molecule has 0 unspecified atom stereocenters. The fraction of sp³-hybridized carbons (Fsp3) is 0.364. The zero-order valence-corrected chi connectivity index (χ0v) is 17.4. The minimum Gasteiger partial charge on any atom is -0.341 e. The highest BCUT2D eigenvalue weighted by atomic mass is 35.5. The molecule has 1 aliphatic heterocycles. The van der Waals surface area contributed by atoms with Gasteiger partial charge in [0, 0.05) is 33.3 Å². The summed E-state index contributed by atoms with van der Waals surface area (Å²) < 4.78 is 55.7. The SMILES string of the molecule is O=C1N[C@@H](c2cc(F)ccc2Cl)c2c(NC(=O)[C@@H]3CCC[C@@H](OC(F)(F)F)C3)cccc21. The lowest BCUT2D eigenvalue weighted by Gasteiger charge is -2.29. The monoisotopic (exact) mass is 470 g/mol. The third kappa shape index (κ3) is 4.73. The van der Waals surface area contributed by atoms with Crippen LogP contribution in [0.3, 0.4) is 0 Å². The third-order valence-electron chi connectivity index (χ3n) is 5.74. The first-order chi connectivity index (χ1) is 15.1. The highest BCUT2D eigenvalue weighted by molar-refractivity contribution is 6.31. The van der Waals surface area contributed by atoms with Gasteiger partial charge in [-0.1, -0.05) is 24.1 Å². The van der Waals surface area contributed by atoms with Crippen molar-refractivity contribution in [2.45, 2.75) is 44.2 Å². The first kappa shape index (κ1) is 22.5. The smallest absolute Gasteiger partial charge is 0.341 e. The number of anilines is 1. The van der Waals surface area contributed by atoms with Gasteiger partial charge in [-0.15, -0.1) is 13.2 Å². The van der Waals surface area contributed by atoms with Crippen molar-refractivity contribution in [3.63, 3.8) is 0 Å². The molecular weight excluding hydrogens is 452 g/mol. The lowest BCUT2D eigenvalue weighted by atomic mass is 9.86. The Morgan fingerprint density at radius 3 is 2.72 bits per heavy atom. The van der Waals surface area contributed by atoms with Crippen LogP contribution in [0.5, 0.6) is 0 Å². The minimum absolute atomic E-state index is 0.0588. The number of carbonyl (C=O) groups excluding carboxylic acids is 2. The topological polar surface area (TPSA) is 67.4 Å². The van der Waals surface area contributed by atoms with E-state index >= 15 is 0 Å². The second kappa shape index (κ2) is 8.71. The van der Waals surface area contributed by atoms with Crippen LogP contribution in [0.4, 0.5) is 23.2 Å². The van der Waals surface area contributed by atoms with E-state index in [2.05, 4.69) is 15.4 Å². The van der Waals surface area contributed by atoms with Crippen LogP contribution in [0.2, 0.25) is 5.02 Å². The van der Waals surface area contributed by atoms with Crippen LogP contribution in [-0.4, -0.2) is 24.3 Å². The van der Waals surface area contributed by atoms with Crippen LogP contribution in [0.1, 0.15) is 53.2 Å². The molecule has 2 aromatic carbocycles. The zero-order valence-electron chi connectivity index (χ0n) is 16.6. The van der Waals surface area contributed by atoms with Gasteiger partial charge in [0.05, 0.1) is 12.1 Å². The maximum absolute atomic E-state index is 13.8. The molecule has 0 bridgehead atoms.